The Hall–Kier alpha value is -2.30. The molecule has 0 bridgehead atoms. The van der Waals surface area contributed by atoms with Crippen LogP contribution in [0.5, 0.6) is 0 Å². The molecule has 0 N–H and O–H groups in total. The third-order valence-corrected chi connectivity index (χ3v) is 2.89. The first-order chi connectivity index (χ1) is 9.56. The van der Waals surface area contributed by atoms with Gasteiger partial charge in [0.1, 0.15) is 0 Å². The van der Waals surface area contributed by atoms with Crippen molar-refractivity contribution in [2.24, 2.45) is 0 Å². The van der Waals surface area contributed by atoms with Crippen LogP contribution in [0.3, 0.4) is 0 Å². The van der Waals surface area contributed by atoms with Gasteiger partial charge >= 0.3 is 0 Å². The van der Waals surface area contributed by atoms with E-state index < -0.39 is 28.9 Å². The fourth-order valence-corrected chi connectivity index (χ4v) is 1.89. The van der Waals surface area contributed by atoms with Gasteiger partial charge in [-0.25, -0.2) is 13.2 Å². The van der Waals surface area contributed by atoms with Gasteiger partial charge < -0.3 is 4.90 Å². The lowest BCUT2D eigenvalue weighted by atomic mass is 10.1. The van der Waals surface area contributed by atoms with Crippen molar-refractivity contribution in [2.75, 3.05) is 11.4 Å². The summed E-state index contributed by atoms with van der Waals surface area (Å²) in [6.45, 7) is 1.99. The van der Waals surface area contributed by atoms with E-state index in [0.717, 1.165) is 12.1 Å². The van der Waals surface area contributed by atoms with Crippen molar-refractivity contribution in [2.45, 2.75) is 6.92 Å². The Labute approximate surface area is 114 Å². The van der Waals surface area contributed by atoms with Crippen molar-refractivity contribution in [1.82, 2.24) is 0 Å². The van der Waals surface area contributed by atoms with Crippen LogP contribution >= 0.6 is 0 Å². The molecule has 0 unspecified atom stereocenters. The number of halogens is 3. The number of amides is 1. The lowest BCUT2D eigenvalue weighted by Crippen LogP contribution is -2.31. The molecule has 0 spiro atoms. The first-order valence-electron chi connectivity index (χ1n) is 6.06. The monoisotopic (exact) mass is 279 g/mol. The second-order valence-electron chi connectivity index (χ2n) is 4.11. The van der Waals surface area contributed by atoms with Gasteiger partial charge in [0.25, 0.3) is 5.91 Å². The highest BCUT2D eigenvalue weighted by atomic mass is 19.2. The zero-order valence-electron chi connectivity index (χ0n) is 10.7. The summed E-state index contributed by atoms with van der Waals surface area (Å²) in [5.41, 5.74) is 0.0683. The topological polar surface area (TPSA) is 20.3 Å². The summed E-state index contributed by atoms with van der Waals surface area (Å²) in [6.07, 6.45) is 0. The van der Waals surface area contributed by atoms with Gasteiger partial charge in [0, 0.05) is 12.2 Å². The van der Waals surface area contributed by atoms with Crippen molar-refractivity contribution >= 4 is 11.6 Å². The van der Waals surface area contributed by atoms with Crippen molar-refractivity contribution in [3.8, 4) is 0 Å². The van der Waals surface area contributed by atoms with Gasteiger partial charge in [0.05, 0.1) is 5.56 Å². The van der Waals surface area contributed by atoms with Gasteiger partial charge in [0.2, 0.25) is 0 Å². The molecule has 0 heterocycles. The Bertz CT molecular complexity index is 629. The van der Waals surface area contributed by atoms with Crippen LogP contribution in [-0.4, -0.2) is 12.5 Å². The largest absolute Gasteiger partial charge is 0.309 e. The Morgan fingerprint density at radius 1 is 1.00 bits per heavy atom. The molecule has 0 aliphatic rings. The minimum atomic E-state index is -1.64. The Morgan fingerprint density at radius 3 is 2.25 bits per heavy atom. The first kappa shape index (κ1) is 14.1. The molecule has 2 rings (SSSR count). The highest BCUT2D eigenvalue weighted by Gasteiger charge is 2.23. The predicted molar refractivity (Wildman–Crippen MR) is 70.1 cm³/mol. The van der Waals surface area contributed by atoms with E-state index in [1.54, 1.807) is 37.3 Å². The summed E-state index contributed by atoms with van der Waals surface area (Å²) in [4.78, 5) is 13.5. The van der Waals surface area contributed by atoms with Crippen molar-refractivity contribution in [3.63, 3.8) is 0 Å². The number of carbonyl (C=O) groups is 1. The molecule has 2 aromatic rings. The van der Waals surface area contributed by atoms with Crippen LogP contribution in [-0.2, 0) is 0 Å². The second kappa shape index (κ2) is 5.77. The molecule has 0 saturated heterocycles. The summed E-state index contributed by atoms with van der Waals surface area (Å²) >= 11 is 0. The maximum absolute atomic E-state index is 13.7. The van der Waals surface area contributed by atoms with Crippen molar-refractivity contribution in [1.29, 1.82) is 0 Å². The molecular formula is C15H12F3NO. The molecule has 2 aromatic carbocycles. The van der Waals surface area contributed by atoms with Crippen LogP contribution in [0.2, 0.25) is 0 Å². The maximum atomic E-state index is 13.7. The molecule has 2 nitrogen and oxygen atoms in total. The molecule has 104 valence electrons. The van der Waals surface area contributed by atoms with Crippen LogP contribution in [0.4, 0.5) is 18.9 Å². The maximum Gasteiger partial charge on any atom is 0.261 e. The number of nitrogens with zero attached hydrogens (tertiary/aromatic N) is 1. The molecule has 0 aliphatic carbocycles. The highest BCUT2D eigenvalue weighted by Crippen LogP contribution is 2.20. The van der Waals surface area contributed by atoms with E-state index in [2.05, 4.69) is 0 Å². The summed E-state index contributed by atoms with van der Waals surface area (Å²) in [6, 6.07) is 10.3. The van der Waals surface area contributed by atoms with E-state index in [4.69, 9.17) is 0 Å². The summed E-state index contributed by atoms with van der Waals surface area (Å²) < 4.78 is 39.8. The molecule has 0 radical (unpaired) electrons. The third-order valence-electron chi connectivity index (χ3n) is 2.89. The molecule has 0 saturated carbocycles. The fraction of sp³-hybridized carbons (Fsp3) is 0.133. The smallest absolute Gasteiger partial charge is 0.261 e. The number of para-hydroxylation sites is 1. The number of hydrogen-bond acceptors (Lipinski definition) is 1. The molecule has 1 amide bonds. The molecule has 20 heavy (non-hydrogen) atoms. The van der Waals surface area contributed by atoms with Gasteiger partial charge in [-0.15, -0.1) is 0 Å². The SMILES string of the molecule is CCN(C(=O)c1ccc(F)c(F)c1F)c1ccccc1. The zero-order chi connectivity index (χ0) is 14.7. The van der Waals surface area contributed by atoms with Gasteiger partial charge in [-0.05, 0) is 31.2 Å². The molecule has 0 fully saturated rings. The minimum absolute atomic E-state index is 0.279. The molecule has 5 heteroatoms. The van der Waals surface area contributed by atoms with Crippen LogP contribution in [0.1, 0.15) is 17.3 Å². The number of benzene rings is 2. The summed E-state index contributed by atoms with van der Waals surface area (Å²) in [5.74, 6) is -5.14. The summed E-state index contributed by atoms with van der Waals surface area (Å²) in [7, 11) is 0. The van der Waals surface area contributed by atoms with E-state index >= 15 is 0 Å². The Morgan fingerprint density at radius 2 is 1.65 bits per heavy atom. The number of rotatable bonds is 3. The predicted octanol–water partition coefficient (Wildman–Crippen LogP) is 3.77. The molecule has 0 atom stereocenters. The third kappa shape index (κ3) is 2.52. The first-order valence-corrected chi connectivity index (χ1v) is 6.06. The lowest BCUT2D eigenvalue weighted by Gasteiger charge is -2.21. The minimum Gasteiger partial charge on any atom is -0.309 e. The van der Waals surface area contributed by atoms with Crippen molar-refractivity contribution in [3.05, 3.63) is 65.5 Å². The standard InChI is InChI=1S/C15H12F3NO/c1-2-19(10-6-4-3-5-7-10)15(20)11-8-9-12(16)14(18)13(11)17/h3-9H,2H2,1H3. The van der Waals surface area contributed by atoms with E-state index in [-0.39, 0.29) is 6.54 Å². The average molecular weight is 279 g/mol. The number of carbonyl (C=O) groups excluding carboxylic acids is 1. The Kier molecular flexibility index (Phi) is 4.08. The van der Waals surface area contributed by atoms with Crippen LogP contribution < -0.4 is 4.90 Å². The van der Waals surface area contributed by atoms with E-state index in [1.807, 2.05) is 0 Å². The number of hydrogen-bond donors (Lipinski definition) is 0. The Balaban J connectivity index is 2.42. The van der Waals surface area contributed by atoms with Crippen LogP contribution in [0.15, 0.2) is 42.5 Å². The normalized spacial score (nSPS) is 10.4. The van der Waals surface area contributed by atoms with Gasteiger partial charge in [0.15, 0.2) is 17.5 Å². The lowest BCUT2D eigenvalue weighted by molar-refractivity contribution is 0.0983. The molecule has 0 aliphatic heterocycles. The molecular weight excluding hydrogens is 267 g/mol. The van der Waals surface area contributed by atoms with Crippen LogP contribution in [0.25, 0.3) is 0 Å². The average Bonchev–Trinajstić information content (AvgIpc) is 2.47. The zero-order valence-corrected chi connectivity index (χ0v) is 10.7. The van der Waals surface area contributed by atoms with Crippen LogP contribution in [0, 0.1) is 17.5 Å². The van der Waals surface area contributed by atoms with Gasteiger partial charge in [-0.3, -0.25) is 4.79 Å². The summed E-state index contributed by atoms with van der Waals surface area (Å²) in [5, 5.41) is 0. The molecule has 0 aromatic heterocycles. The quantitative estimate of drug-likeness (QED) is 0.783. The van der Waals surface area contributed by atoms with E-state index in [1.165, 1.54) is 4.90 Å². The highest BCUT2D eigenvalue weighted by molar-refractivity contribution is 6.06. The van der Waals surface area contributed by atoms with Gasteiger partial charge in [-0.2, -0.15) is 0 Å². The van der Waals surface area contributed by atoms with E-state index in [9.17, 15) is 18.0 Å². The number of anilines is 1. The van der Waals surface area contributed by atoms with Crippen molar-refractivity contribution < 1.29 is 18.0 Å². The van der Waals surface area contributed by atoms with E-state index in [0.29, 0.717) is 5.69 Å². The van der Waals surface area contributed by atoms with Gasteiger partial charge in [-0.1, -0.05) is 18.2 Å². The second-order valence-corrected chi connectivity index (χ2v) is 4.11. The fourth-order valence-electron chi connectivity index (χ4n) is 1.89.